The molecule has 16 heavy (non-hydrogen) atoms. The summed E-state index contributed by atoms with van der Waals surface area (Å²) < 4.78 is 16.2. The molecule has 0 aliphatic heterocycles. The van der Waals surface area contributed by atoms with Crippen molar-refractivity contribution in [3.63, 3.8) is 0 Å². The van der Waals surface area contributed by atoms with Crippen molar-refractivity contribution in [3.8, 4) is 0 Å². The zero-order valence-corrected chi connectivity index (χ0v) is 12.1. The fraction of sp³-hybridized carbons (Fsp3) is 1.00. The Bertz CT molecular complexity index is 157. The smallest absolute Gasteiger partial charge is 0.182 e. The quantitative estimate of drug-likeness (QED) is 0.366. The van der Waals surface area contributed by atoms with Crippen molar-refractivity contribution in [2.24, 2.45) is 0 Å². The molecule has 2 atom stereocenters. The van der Waals surface area contributed by atoms with Crippen molar-refractivity contribution in [1.29, 1.82) is 0 Å². The third kappa shape index (κ3) is 6.12. The van der Waals surface area contributed by atoms with Crippen molar-refractivity contribution in [1.82, 2.24) is 5.32 Å². The van der Waals surface area contributed by atoms with E-state index in [0.717, 1.165) is 25.7 Å². The molecule has 0 aromatic rings. The molecule has 5 heteroatoms. The van der Waals surface area contributed by atoms with Gasteiger partial charge in [0.1, 0.15) is 6.23 Å². The number of methoxy groups -OCH3 is 2. The zero-order valence-electron chi connectivity index (χ0n) is 11.1. The molecular formula is C11H26NO3P. The van der Waals surface area contributed by atoms with E-state index in [9.17, 15) is 0 Å². The molecule has 0 bridgehead atoms. The third-order valence-electron chi connectivity index (χ3n) is 2.49. The molecule has 0 aromatic carbocycles. The van der Waals surface area contributed by atoms with E-state index in [-0.39, 0.29) is 6.23 Å². The number of rotatable bonds is 10. The van der Waals surface area contributed by atoms with Crippen LogP contribution in [-0.2, 0) is 14.2 Å². The van der Waals surface area contributed by atoms with E-state index in [2.05, 4.69) is 12.2 Å². The summed E-state index contributed by atoms with van der Waals surface area (Å²) in [7, 11) is 4.04. The topological polar surface area (TPSA) is 39.7 Å². The number of hydrogen-bond acceptors (Lipinski definition) is 4. The Kier molecular flexibility index (Phi) is 9.47. The van der Waals surface area contributed by atoms with Gasteiger partial charge in [-0.2, -0.15) is 0 Å². The molecule has 2 unspecified atom stereocenters. The Morgan fingerprint density at radius 3 is 2.31 bits per heavy atom. The van der Waals surface area contributed by atoms with Crippen LogP contribution in [0.4, 0.5) is 0 Å². The highest BCUT2D eigenvalue weighted by atomic mass is 31.1. The maximum Gasteiger partial charge on any atom is 0.182 e. The molecule has 1 N–H and O–H groups in total. The molecule has 0 saturated carbocycles. The number of ether oxygens (including phenoxy) is 3. The Labute approximate surface area is 101 Å². The first kappa shape index (κ1) is 16.3. The molecule has 98 valence electrons. The first-order chi connectivity index (χ1) is 7.64. The van der Waals surface area contributed by atoms with Gasteiger partial charge in [0.25, 0.3) is 0 Å². The van der Waals surface area contributed by atoms with E-state index < -0.39 is 5.53 Å². The van der Waals surface area contributed by atoms with Gasteiger partial charge < -0.3 is 14.2 Å². The highest BCUT2D eigenvalue weighted by Crippen LogP contribution is 2.35. The van der Waals surface area contributed by atoms with Gasteiger partial charge in [-0.1, -0.05) is 15.5 Å². The highest BCUT2D eigenvalue weighted by Gasteiger charge is 2.26. The van der Waals surface area contributed by atoms with Crippen LogP contribution < -0.4 is 5.32 Å². The lowest BCUT2D eigenvalue weighted by molar-refractivity contribution is -0.138. The van der Waals surface area contributed by atoms with Crippen molar-refractivity contribution in [2.45, 2.75) is 38.9 Å². The maximum absolute atomic E-state index is 5.42. The van der Waals surface area contributed by atoms with Gasteiger partial charge in [0, 0.05) is 33.8 Å². The summed E-state index contributed by atoms with van der Waals surface area (Å²) in [5, 5.41) is 3.30. The molecule has 0 radical (unpaired) electrons. The van der Waals surface area contributed by atoms with Crippen LogP contribution in [-0.4, -0.2) is 45.3 Å². The molecular weight excluding hydrogens is 225 g/mol. The van der Waals surface area contributed by atoms with E-state index in [0.29, 0.717) is 8.58 Å². The van der Waals surface area contributed by atoms with Crippen molar-refractivity contribution >= 4 is 8.58 Å². The van der Waals surface area contributed by atoms with Gasteiger partial charge >= 0.3 is 0 Å². The first-order valence-corrected chi connectivity index (χ1v) is 7.05. The maximum atomic E-state index is 5.42. The van der Waals surface area contributed by atoms with Crippen molar-refractivity contribution in [2.75, 3.05) is 33.5 Å². The average molecular weight is 251 g/mol. The summed E-state index contributed by atoms with van der Waals surface area (Å²) in [6.45, 7) is 7.76. The lowest BCUT2D eigenvalue weighted by atomic mass is 10.5. The van der Waals surface area contributed by atoms with E-state index in [1.54, 1.807) is 14.2 Å². The van der Waals surface area contributed by atoms with Gasteiger partial charge in [-0.3, -0.25) is 5.32 Å². The second-order valence-electron chi connectivity index (χ2n) is 3.49. The summed E-state index contributed by atoms with van der Waals surface area (Å²) in [6, 6.07) is 0. The Morgan fingerprint density at radius 1 is 1.25 bits per heavy atom. The summed E-state index contributed by atoms with van der Waals surface area (Å²) >= 11 is 0. The molecule has 0 aromatic heterocycles. The minimum absolute atomic E-state index is 0.121. The summed E-state index contributed by atoms with van der Waals surface area (Å²) in [4.78, 5) is 0. The van der Waals surface area contributed by atoms with Crippen LogP contribution in [0.3, 0.4) is 0 Å². The van der Waals surface area contributed by atoms with Crippen LogP contribution in [0.15, 0.2) is 0 Å². The lowest BCUT2D eigenvalue weighted by Crippen LogP contribution is -2.33. The van der Waals surface area contributed by atoms with Crippen LogP contribution in [0, 0.1) is 0 Å². The predicted octanol–water partition coefficient (Wildman–Crippen LogP) is 1.99. The normalized spacial score (nSPS) is 14.8. The average Bonchev–Trinajstić information content (AvgIpc) is 2.31. The van der Waals surface area contributed by atoms with Gasteiger partial charge in [-0.15, -0.1) is 0 Å². The number of hydrogen-bond donors (Lipinski definition) is 1. The second kappa shape index (κ2) is 9.32. The Hall–Kier alpha value is 0.270. The van der Waals surface area contributed by atoms with Gasteiger partial charge in [-0.25, -0.2) is 0 Å². The zero-order chi connectivity index (χ0) is 12.4. The van der Waals surface area contributed by atoms with E-state index in [1.807, 2.05) is 13.8 Å². The summed E-state index contributed by atoms with van der Waals surface area (Å²) in [6.07, 6.45) is 2.03. The second-order valence-corrected chi connectivity index (χ2v) is 5.11. The first-order valence-electron chi connectivity index (χ1n) is 5.84. The van der Waals surface area contributed by atoms with Crippen LogP contribution >= 0.6 is 8.58 Å². The third-order valence-corrected chi connectivity index (χ3v) is 4.29. The van der Waals surface area contributed by atoms with E-state index >= 15 is 0 Å². The van der Waals surface area contributed by atoms with Gasteiger partial charge in [0.05, 0.1) is 0 Å². The molecule has 0 rings (SSSR count). The molecule has 0 spiro atoms. The van der Waals surface area contributed by atoms with Crippen LogP contribution in [0.5, 0.6) is 0 Å². The summed E-state index contributed by atoms with van der Waals surface area (Å²) in [5.74, 6) is 0. The van der Waals surface area contributed by atoms with E-state index in [1.165, 1.54) is 0 Å². The largest absolute Gasteiger partial charge is 0.364 e. The minimum atomic E-state index is -0.392. The van der Waals surface area contributed by atoms with E-state index in [4.69, 9.17) is 14.2 Å². The Morgan fingerprint density at radius 2 is 1.88 bits per heavy atom. The van der Waals surface area contributed by atoms with Crippen molar-refractivity contribution in [3.05, 3.63) is 0 Å². The molecule has 0 aliphatic carbocycles. The molecule has 0 saturated heterocycles. The lowest BCUT2D eigenvalue weighted by Gasteiger charge is -2.29. The molecule has 0 heterocycles. The molecule has 0 fully saturated rings. The Balaban J connectivity index is 3.70. The van der Waals surface area contributed by atoms with Crippen LogP contribution in [0.1, 0.15) is 27.2 Å². The minimum Gasteiger partial charge on any atom is -0.364 e. The van der Waals surface area contributed by atoms with Crippen LogP contribution in [0.2, 0.25) is 0 Å². The van der Waals surface area contributed by atoms with Crippen LogP contribution in [0.25, 0.3) is 0 Å². The standard InChI is InChI=1S/C11H26NO3P/c1-6-11(13-4,14-5)16-9-8-12-10(3)15-7-2/h10,12,16H,6-9H2,1-5H3. The molecule has 4 nitrogen and oxygen atoms in total. The van der Waals surface area contributed by atoms with Gasteiger partial charge in [-0.05, 0) is 20.0 Å². The monoisotopic (exact) mass is 251 g/mol. The van der Waals surface area contributed by atoms with Gasteiger partial charge in [0.15, 0.2) is 5.53 Å². The molecule has 0 amide bonds. The predicted molar refractivity (Wildman–Crippen MR) is 69.3 cm³/mol. The molecule has 0 aliphatic rings. The van der Waals surface area contributed by atoms with Crippen molar-refractivity contribution < 1.29 is 14.2 Å². The summed E-state index contributed by atoms with van der Waals surface area (Å²) in [5.41, 5.74) is -0.392. The van der Waals surface area contributed by atoms with Gasteiger partial charge in [0.2, 0.25) is 0 Å². The highest BCUT2D eigenvalue weighted by molar-refractivity contribution is 7.39. The number of nitrogens with one attached hydrogen (secondary N) is 1. The fourth-order valence-electron chi connectivity index (χ4n) is 1.48. The SMILES string of the molecule is CCOC(C)NCCPC(CC)(OC)OC. The fourth-order valence-corrected chi connectivity index (χ4v) is 2.67.